The van der Waals surface area contributed by atoms with Gasteiger partial charge < -0.3 is 9.47 Å². The number of carbonyl (C=O) groups excluding carboxylic acids is 1. The van der Waals surface area contributed by atoms with Crippen molar-refractivity contribution in [1.29, 1.82) is 0 Å². The minimum atomic E-state index is -0.195. The molecule has 1 rings (SSSR count). The van der Waals surface area contributed by atoms with Crippen LogP contribution in [0.4, 0.5) is 0 Å². The van der Waals surface area contributed by atoms with Gasteiger partial charge in [-0.3, -0.25) is 4.79 Å². The molecule has 0 heterocycles. The molecule has 0 bridgehead atoms. The van der Waals surface area contributed by atoms with Gasteiger partial charge in [-0.15, -0.1) is 0 Å². The van der Waals surface area contributed by atoms with Crippen LogP contribution in [0.5, 0.6) is 5.75 Å². The van der Waals surface area contributed by atoms with E-state index in [9.17, 15) is 4.79 Å². The van der Waals surface area contributed by atoms with Gasteiger partial charge in [0.05, 0.1) is 13.0 Å². The Morgan fingerprint density at radius 2 is 1.94 bits per heavy atom. The molecule has 0 spiro atoms. The van der Waals surface area contributed by atoms with E-state index in [-0.39, 0.29) is 11.9 Å². The molecule has 1 aromatic carbocycles. The molecule has 1 unspecified atom stereocenters. The van der Waals surface area contributed by atoms with Crippen molar-refractivity contribution in [2.45, 2.75) is 26.7 Å². The molecule has 3 nitrogen and oxygen atoms in total. The zero-order valence-corrected chi connectivity index (χ0v) is 10.7. The molecule has 0 radical (unpaired) electrons. The maximum atomic E-state index is 11.5. The second kappa shape index (κ2) is 6.94. The molecule has 17 heavy (non-hydrogen) atoms. The molecule has 1 aromatic rings. The lowest BCUT2D eigenvalue weighted by Gasteiger charge is -2.14. The largest absolute Gasteiger partial charge is 0.493 e. The van der Waals surface area contributed by atoms with Crippen LogP contribution in [0.25, 0.3) is 0 Å². The fourth-order valence-corrected chi connectivity index (χ4v) is 1.62. The van der Waals surface area contributed by atoms with Crippen LogP contribution in [0.15, 0.2) is 24.3 Å². The van der Waals surface area contributed by atoms with Gasteiger partial charge in [0.15, 0.2) is 0 Å². The third kappa shape index (κ3) is 4.47. The second-order valence-electron chi connectivity index (χ2n) is 4.13. The van der Waals surface area contributed by atoms with E-state index in [0.29, 0.717) is 6.61 Å². The second-order valence-corrected chi connectivity index (χ2v) is 4.13. The van der Waals surface area contributed by atoms with Crippen LogP contribution in [0.3, 0.4) is 0 Å². The van der Waals surface area contributed by atoms with Gasteiger partial charge in [-0.05, 0) is 25.5 Å². The number of hydrogen-bond donors (Lipinski definition) is 0. The van der Waals surface area contributed by atoms with Crippen LogP contribution in [0.2, 0.25) is 0 Å². The Bertz CT molecular complexity index is 343. The summed E-state index contributed by atoms with van der Waals surface area (Å²) in [5.41, 5.74) is 1.19. The Balaban J connectivity index is 2.51. The van der Waals surface area contributed by atoms with E-state index in [1.54, 1.807) is 0 Å². The molecule has 1 atom stereocenters. The van der Waals surface area contributed by atoms with E-state index in [1.807, 2.05) is 38.1 Å². The zero-order chi connectivity index (χ0) is 12.7. The highest BCUT2D eigenvalue weighted by Gasteiger charge is 2.18. The summed E-state index contributed by atoms with van der Waals surface area (Å²) in [6.45, 7) is 4.45. The summed E-state index contributed by atoms with van der Waals surface area (Å²) in [4.78, 5) is 11.5. The van der Waals surface area contributed by atoms with Crippen LogP contribution in [0.1, 0.15) is 25.3 Å². The molecule has 0 saturated heterocycles. The minimum absolute atomic E-state index is 0.175. The van der Waals surface area contributed by atoms with Crippen molar-refractivity contribution in [1.82, 2.24) is 0 Å². The van der Waals surface area contributed by atoms with Crippen molar-refractivity contribution in [2.24, 2.45) is 5.92 Å². The van der Waals surface area contributed by atoms with Gasteiger partial charge in [0.25, 0.3) is 0 Å². The SMILES string of the molecule is CCCC(COc1ccc(C)cc1)C(=O)OC. The molecule has 0 fully saturated rings. The lowest BCUT2D eigenvalue weighted by atomic mass is 10.1. The Morgan fingerprint density at radius 1 is 1.29 bits per heavy atom. The van der Waals surface area contributed by atoms with Gasteiger partial charge in [-0.1, -0.05) is 31.0 Å². The first kappa shape index (κ1) is 13.6. The van der Waals surface area contributed by atoms with Crippen molar-refractivity contribution in [3.05, 3.63) is 29.8 Å². The van der Waals surface area contributed by atoms with E-state index in [1.165, 1.54) is 12.7 Å². The van der Waals surface area contributed by atoms with Crippen LogP contribution in [-0.2, 0) is 9.53 Å². The van der Waals surface area contributed by atoms with Gasteiger partial charge in [-0.25, -0.2) is 0 Å². The van der Waals surface area contributed by atoms with Crippen LogP contribution in [-0.4, -0.2) is 19.7 Å². The highest BCUT2D eigenvalue weighted by Crippen LogP contribution is 2.15. The fraction of sp³-hybridized carbons (Fsp3) is 0.500. The Morgan fingerprint density at radius 3 is 2.47 bits per heavy atom. The minimum Gasteiger partial charge on any atom is -0.493 e. The van der Waals surface area contributed by atoms with Gasteiger partial charge in [-0.2, -0.15) is 0 Å². The number of aryl methyl sites for hydroxylation is 1. The third-order valence-electron chi connectivity index (χ3n) is 2.64. The first-order chi connectivity index (χ1) is 8.17. The molecule has 0 aromatic heterocycles. The van der Waals surface area contributed by atoms with Crippen molar-refractivity contribution >= 4 is 5.97 Å². The lowest BCUT2D eigenvalue weighted by molar-refractivity contribution is -0.146. The highest BCUT2D eigenvalue weighted by molar-refractivity contribution is 5.72. The van der Waals surface area contributed by atoms with Gasteiger partial charge >= 0.3 is 5.97 Å². The van der Waals surface area contributed by atoms with Crippen molar-refractivity contribution < 1.29 is 14.3 Å². The number of ether oxygens (including phenoxy) is 2. The normalized spacial score (nSPS) is 11.9. The van der Waals surface area contributed by atoms with Crippen molar-refractivity contribution in [2.75, 3.05) is 13.7 Å². The van der Waals surface area contributed by atoms with Gasteiger partial charge in [0.1, 0.15) is 12.4 Å². The summed E-state index contributed by atoms with van der Waals surface area (Å²) in [6, 6.07) is 7.80. The van der Waals surface area contributed by atoms with Crippen LogP contribution < -0.4 is 4.74 Å². The molecule has 0 saturated carbocycles. The molecular weight excluding hydrogens is 216 g/mol. The average molecular weight is 236 g/mol. The maximum Gasteiger partial charge on any atom is 0.312 e. The number of esters is 1. The summed E-state index contributed by atoms with van der Waals surface area (Å²) in [6.07, 6.45) is 1.73. The molecule has 0 N–H and O–H groups in total. The predicted octanol–water partition coefficient (Wildman–Crippen LogP) is 2.96. The first-order valence-electron chi connectivity index (χ1n) is 5.94. The van der Waals surface area contributed by atoms with E-state index < -0.39 is 0 Å². The van der Waals surface area contributed by atoms with Crippen LogP contribution >= 0.6 is 0 Å². The molecule has 0 amide bonds. The molecule has 0 aliphatic carbocycles. The number of hydrogen-bond acceptors (Lipinski definition) is 3. The predicted molar refractivity (Wildman–Crippen MR) is 67.1 cm³/mol. The Labute approximate surface area is 103 Å². The van der Waals surface area contributed by atoms with Crippen molar-refractivity contribution in [3.63, 3.8) is 0 Å². The summed E-state index contributed by atoms with van der Waals surface area (Å²) in [5, 5.41) is 0. The Kier molecular flexibility index (Phi) is 5.53. The third-order valence-corrected chi connectivity index (χ3v) is 2.64. The molecule has 0 aliphatic rings. The fourth-order valence-electron chi connectivity index (χ4n) is 1.62. The summed E-state index contributed by atoms with van der Waals surface area (Å²) in [5.74, 6) is 0.422. The van der Waals surface area contributed by atoms with Crippen LogP contribution in [0, 0.1) is 12.8 Å². The quantitative estimate of drug-likeness (QED) is 0.712. The van der Waals surface area contributed by atoms with Gasteiger partial charge in [0.2, 0.25) is 0 Å². The summed E-state index contributed by atoms with van der Waals surface area (Å²) >= 11 is 0. The molecular formula is C14H20O3. The maximum absolute atomic E-state index is 11.5. The topological polar surface area (TPSA) is 35.5 Å². The number of carbonyl (C=O) groups is 1. The summed E-state index contributed by atoms with van der Waals surface area (Å²) < 4.78 is 10.4. The van der Waals surface area contributed by atoms with E-state index in [0.717, 1.165) is 18.6 Å². The van der Waals surface area contributed by atoms with E-state index in [2.05, 4.69) is 0 Å². The highest BCUT2D eigenvalue weighted by atomic mass is 16.5. The lowest BCUT2D eigenvalue weighted by Crippen LogP contribution is -2.23. The van der Waals surface area contributed by atoms with Crippen molar-refractivity contribution in [3.8, 4) is 5.75 Å². The van der Waals surface area contributed by atoms with E-state index in [4.69, 9.17) is 9.47 Å². The Hall–Kier alpha value is -1.51. The average Bonchev–Trinajstić information content (AvgIpc) is 2.35. The molecule has 3 heteroatoms. The number of methoxy groups -OCH3 is 1. The first-order valence-corrected chi connectivity index (χ1v) is 5.94. The zero-order valence-electron chi connectivity index (χ0n) is 10.7. The van der Waals surface area contributed by atoms with E-state index >= 15 is 0 Å². The van der Waals surface area contributed by atoms with Gasteiger partial charge in [0, 0.05) is 0 Å². The molecule has 94 valence electrons. The summed E-state index contributed by atoms with van der Waals surface area (Å²) in [7, 11) is 1.41. The standard InChI is InChI=1S/C14H20O3/c1-4-5-12(14(15)16-3)10-17-13-8-6-11(2)7-9-13/h6-9,12H,4-5,10H2,1-3H3. The smallest absolute Gasteiger partial charge is 0.312 e. The number of benzene rings is 1. The molecule has 0 aliphatic heterocycles. The number of rotatable bonds is 6. The monoisotopic (exact) mass is 236 g/mol.